The number of ether oxygens (including phenoxy) is 3. The first-order valence-electron chi connectivity index (χ1n) is 7.87. The van der Waals surface area contributed by atoms with Gasteiger partial charge in [0.15, 0.2) is 0 Å². The molecular formula is C18H20O4. The van der Waals surface area contributed by atoms with Gasteiger partial charge in [-0.2, -0.15) is 0 Å². The number of rotatable bonds is 8. The van der Waals surface area contributed by atoms with Gasteiger partial charge in [-0.25, -0.2) is 0 Å². The second kappa shape index (κ2) is 5.61. The molecule has 4 heteroatoms. The maximum absolute atomic E-state index is 11.3. The van der Waals surface area contributed by atoms with E-state index >= 15 is 0 Å². The summed E-state index contributed by atoms with van der Waals surface area (Å²) < 4.78 is 16.1. The Bertz CT molecular complexity index is 610. The number of epoxide rings is 3. The first kappa shape index (κ1) is 14.1. The Kier molecular flexibility index (Phi) is 3.60. The minimum absolute atomic E-state index is 0.287. The van der Waals surface area contributed by atoms with Crippen molar-refractivity contribution < 1.29 is 19.0 Å². The van der Waals surface area contributed by atoms with E-state index in [4.69, 9.17) is 14.2 Å². The van der Waals surface area contributed by atoms with Gasteiger partial charge in [0.1, 0.15) is 6.29 Å². The van der Waals surface area contributed by atoms with E-state index in [9.17, 15) is 4.79 Å². The summed E-state index contributed by atoms with van der Waals surface area (Å²) in [6.07, 6.45) is 4.45. The Hall–Kier alpha value is -1.49. The standard InChI is InChI=1S/C18H20O4/c1-11(7-19)17-4-12(3-14-8-20-14)2-13(5-15-9-21-15)18(17)6-16-10-22-16/h2,4,7,14-16H,1,3,5-6,8-10H2. The predicted octanol–water partition coefficient (Wildman–Crippen LogP) is 1.72. The molecule has 0 aliphatic carbocycles. The Balaban J connectivity index is 1.71. The molecule has 3 aliphatic heterocycles. The van der Waals surface area contributed by atoms with Gasteiger partial charge in [-0.15, -0.1) is 0 Å². The van der Waals surface area contributed by atoms with Crippen LogP contribution in [0.25, 0.3) is 5.57 Å². The molecule has 0 saturated carbocycles. The van der Waals surface area contributed by atoms with E-state index in [1.807, 2.05) is 0 Å². The Morgan fingerprint density at radius 3 is 2.23 bits per heavy atom. The van der Waals surface area contributed by atoms with Crippen LogP contribution in [0.4, 0.5) is 0 Å². The number of carbonyl (C=O) groups is 1. The fraction of sp³-hybridized carbons (Fsp3) is 0.500. The molecule has 1 aromatic carbocycles. The zero-order chi connectivity index (χ0) is 15.1. The summed E-state index contributed by atoms with van der Waals surface area (Å²) in [6, 6.07) is 4.36. The van der Waals surface area contributed by atoms with Crippen LogP contribution in [0.3, 0.4) is 0 Å². The molecule has 3 unspecified atom stereocenters. The van der Waals surface area contributed by atoms with Crippen molar-refractivity contribution in [2.24, 2.45) is 0 Å². The van der Waals surface area contributed by atoms with Gasteiger partial charge in [0.25, 0.3) is 0 Å². The Labute approximate surface area is 130 Å². The molecule has 0 N–H and O–H groups in total. The maximum Gasteiger partial charge on any atom is 0.150 e. The molecule has 4 rings (SSSR count). The van der Waals surface area contributed by atoms with Crippen LogP contribution in [0.2, 0.25) is 0 Å². The van der Waals surface area contributed by atoms with E-state index in [1.54, 1.807) is 0 Å². The van der Waals surface area contributed by atoms with Crippen LogP contribution in [0, 0.1) is 0 Å². The van der Waals surface area contributed by atoms with Crippen molar-refractivity contribution in [3.63, 3.8) is 0 Å². The molecule has 1 aromatic rings. The molecule has 3 fully saturated rings. The first-order valence-corrected chi connectivity index (χ1v) is 7.87. The molecule has 3 saturated heterocycles. The van der Waals surface area contributed by atoms with E-state index in [2.05, 4.69) is 18.7 Å². The normalized spacial score (nSPS) is 28.3. The van der Waals surface area contributed by atoms with Crippen LogP contribution in [-0.4, -0.2) is 44.4 Å². The zero-order valence-corrected chi connectivity index (χ0v) is 12.5. The highest BCUT2D eigenvalue weighted by Crippen LogP contribution is 2.31. The summed E-state index contributed by atoms with van der Waals surface area (Å²) in [5.41, 5.74) is 5.22. The minimum Gasteiger partial charge on any atom is -0.373 e. The number of allylic oxidation sites excluding steroid dienone is 1. The van der Waals surface area contributed by atoms with E-state index in [0.717, 1.165) is 50.9 Å². The van der Waals surface area contributed by atoms with E-state index in [-0.39, 0.29) is 6.10 Å². The molecule has 0 aromatic heterocycles. The minimum atomic E-state index is 0.287. The average Bonchev–Trinajstić information content (AvgIpc) is 3.34. The Morgan fingerprint density at radius 1 is 1.05 bits per heavy atom. The summed E-state index contributed by atoms with van der Waals surface area (Å²) in [5, 5.41) is 0. The quantitative estimate of drug-likeness (QED) is 0.417. The summed E-state index contributed by atoms with van der Waals surface area (Å²) >= 11 is 0. The molecule has 4 nitrogen and oxygen atoms in total. The molecule has 0 amide bonds. The van der Waals surface area contributed by atoms with Crippen LogP contribution in [-0.2, 0) is 38.3 Å². The van der Waals surface area contributed by atoms with Crippen molar-refractivity contribution >= 4 is 11.9 Å². The molecule has 116 valence electrons. The largest absolute Gasteiger partial charge is 0.373 e. The summed E-state index contributed by atoms with van der Waals surface area (Å²) in [7, 11) is 0. The fourth-order valence-corrected chi connectivity index (χ4v) is 2.98. The van der Waals surface area contributed by atoms with E-state index in [1.165, 1.54) is 16.7 Å². The van der Waals surface area contributed by atoms with Crippen molar-refractivity contribution in [2.75, 3.05) is 19.8 Å². The van der Waals surface area contributed by atoms with Gasteiger partial charge in [0.2, 0.25) is 0 Å². The van der Waals surface area contributed by atoms with Gasteiger partial charge >= 0.3 is 0 Å². The monoisotopic (exact) mass is 300 g/mol. The lowest BCUT2D eigenvalue weighted by molar-refractivity contribution is -0.103. The van der Waals surface area contributed by atoms with Crippen molar-refractivity contribution in [1.82, 2.24) is 0 Å². The molecule has 3 heterocycles. The van der Waals surface area contributed by atoms with Crippen LogP contribution in [0.15, 0.2) is 18.7 Å². The predicted molar refractivity (Wildman–Crippen MR) is 81.9 cm³/mol. The average molecular weight is 300 g/mol. The lowest BCUT2D eigenvalue weighted by Crippen LogP contribution is -2.09. The SMILES string of the molecule is C=C(C=O)c1cc(CC2CO2)cc(CC2CO2)c1CC1CO1. The van der Waals surface area contributed by atoms with E-state index in [0.29, 0.717) is 17.8 Å². The van der Waals surface area contributed by atoms with E-state index < -0.39 is 0 Å². The van der Waals surface area contributed by atoms with Crippen molar-refractivity contribution in [3.05, 3.63) is 41.0 Å². The van der Waals surface area contributed by atoms with Gasteiger partial charge in [-0.3, -0.25) is 4.79 Å². The summed E-state index contributed by atoms with van der Waals surface area (Å²) in [6.45, 7) is 6.41. The third kappa shape index (κ3) is 3.29. The molecule has 3 atom stereocenters. The third-order valence-electron chi connectivity index (χ3n) is 4.44. The highest BCUT2D eigenvalue weighted by atomic mass is 16.6. The topological polar surface area (TPSA) is 54.7 Å². The number of aldehydes is 1. The number of carbonyl (C=O) groups excluding carboxylic acids is 1. The highest BCUT2D eigenvalue weighted by molar-refractivity contribution is 6.06. The number of benzene rings is 1. The maximum atomic E-state index is 11.3. The van der Waals surface area contributed by atoms with Crippen LogP contribution in [0.5, 0.6) is 0 Å². The fourth-order valence-electron chi connectivity index (χ4n) is 2.98. The number of hydrogen-bond donors (Lipinski definition) is 0. The lowest BCUT2D eigenvalue weighted by atomic mass is 9.88. The van der Waals surface area contributed by atoms with Crippen molar-refractivity contribution in [2.45, 2.75) is 37.6 Å². The van der Waals surface area contributed by atoms with Gasteiger partial charge in [-0.1, -0.05) is 18.7 Å². The summed E-state index contributed by atoms with van der Waals surface area (Å²) in [4.78, 5) is 11.3. The van der Waals surface area contributed by atoms with Gasteiger partial charge in [0.05, 0.1) is 38.1 Å². The first-order chi connectivity index (χ1) is 10.7. The molecule has 22 heavy (non-hydrogen) atoms. The van der Waals surface area contributed by atoms with Gasteiger partial charge in [-0.05, 0) is 22.3 Å². The van der Waals surface area contributed by atoms with Crippen LogP contribution in [0.1, 0.15) is 22.3 Å². The zero-order valence-electron chi connectivity index (χ0n) is 12.5. The second-order valence-electron chi connectivity index (χ2n) is 6.40. The van der Waals surface area contributed by atoms with Gasteiger partial charge < -0.3 is 14.2 Å². The molecule has 0 spiro atoms. The van der Waals surface area contributed by atoms with Gasteiger partial charge in [0, 0.05) is 24.8 Å². The van der Waals surface area contributed by atoms with Crippen LogP contribution < -0.4 is 0 Å². The smallest absolute Gasteiger partial charge is 0.150 e. The number of hydrogen-bond acceptors (Lipinski definition) is 4. The molecule has 3 aliphatic rings. The highest BCUT2D eigenvalue weighted by Gasteiger charge is 2.30. The molecular weight excluding hydrogens is 280 g/mol. The molecule has 0 bridgehead atoms. The van der Waals surface area contributed by atoms with Crippen molar-refractivity contribution in [1.29, 1.82) is 0 Å². The molecule has 0 radical (unpaired) electrons. The second-order valence-corrected chi connectivity index (χ2v) is 6.40. The van der Waals surface area contributed by atoms with Crippen molar-refractivity contribution in [3.8, 4) is 0 Å². The lowest BCUT2D eigenvalue weighted by Gasteiger charge is -2.16. The Morgan fingerprint density at radius 2 is 1.64 bits per heavy atom. The van der Waals surface area contributed by atoms with Crippen LogP contribution >= 0.6 is 0 Å². The third-order valence-corrected chi connectivity index (χ3v) is 4.44. The summed E-state index contributed by atoms with van der Waals surface area (Å²) in [5.74, 6) is 0.